The molecule has 8 nitrogen and oxygen atoms in total. The van der Waals surface area contributed by atoms with Gasteiger partial charge in [0.15, 0.2) is 0 Å². The zero-order valence-corrected chi connectivity index (χ0v) is 20.7. The first-order chi connectivity index (χ1) is 16.6. The number of carbonyl (C=O) groups is 1. The van der Waals surface area contributed by atoms with Crippen molar-refractivity contribution in [3.8, 4) is 16.9 Å². The zero-order chi connectivity index (χ0) is 25.5. The van der Waals surface area contributed by atoms with Crippen LogP contribution in [0.1, 0.15) is 25.0 Å². The maximum Gasteiger partial charge on any atom is 0.469 e. The highest BCUT2D eigenvalue weighted by molar-refractivity contribution is 7.46. The van der Waals surface area contributed by atoms with Crippen molar-refractivity contribution in [2.75, 3.05) is 18.5 Å². The van der Waals surface area contributed by atoms with Gasteiger partial charge in [0.2, 0.25) is 5.91 Å². The van der Waals surface area contributed by atoms with E-state index >= 15 is 0 Å². The molecule has 0 spiro atoms. The molecule has 0 aromatic heterocycles. The van der Waals surface area contributed by atoms with Crippen LogP contribution < -0.4 is 15.8 Å². The van der Waals surface area contributed by atoms with Crippen LogP contribution in [0.2, 0.25) is 0 Å². The van der Waals surface area contributed by atoms with Crippen molar-refractivity contribution >= 4 is 19.4 Å². The Hall–Kier alpha value is -3.00. The fourth-order valence-electron chi connectivity index (χ4n) is 3.28. The highest BCUT2D eigenvalue weighted by Crippen LogP contribution is 2.36. The lowest BCUT2D eigenvalue weighted by molar-refractivity contribution is -0.121. The first-order valence-corrected chi connectivity index (χ1v) is 12.8. The molecule has 0 fully saturated rings. The van der Waals surface area contributed by atoms with Crippen molar-refractivity contribution in [2.24, 2.45) is 5.73 Å². The summed E-state index contributed by atoms with van der Waals surface area (Å²) in [6.45, 7) is 3.34. The number of phosphoric ester groups is 1. The lowest BCUT2D eigenvalue weighted by Crippen LogP contribution is -2.52. The molecule has 0 aliphatic heterocycles. The number of benzene rings is 3. The van der Waals surface area contributed by atoms with Crippen molar-refractivity contribution in [1.82, 2.24) is 0 Å². The third kappa shape index (κ3) is 8.31. The van der Waals surface area contributed by atoms with Gasteiger partial charge in [-0.25, -0.2) is 4.57 Å². The Morgan fingerprint density at radius 1 is 0.943 bits per heavy atom. The van der Waals surface area contributed by atoms with Gasteiger partial charge in [-0.15, -0.1) is 0 Å². The summed E-state index contributed by atoms with van der Waals surface area (Å²) in [5, 5.41) is 2.60. The number of nitrogens with one attached hydrogen (secondary N) is 1. The predicted molar refractivity (Wildman–Crippen MR) is 136 cm³/mol. The molecule has 0 radical (unpaired) electrons. The summed E-state index contributed by atoms with van der Waals surface area (Å²) in [4.78, 5) is 29.9. The Kier molecular flexibility index (Phi) is 8.83. The molecule has 0 aliphatic rings. The van der Waals surface area contributed by atoms with E-state index in [1.807, 2.05) is 0 Å². The van der Waals surface area contributed by atoms with Crippen molar-refractivity contribution in [2.45, 2.75) is 32.2 Å². The normalized spacial score (nSPS) is 13.2. The van der Waals surface area contributed by atoms with Crippen LogP contribution in [0.5, 0.6) is 5.75 Å². The number of carbonyl (C=O) groups excluding carboxylic acids is 1. The molecule has 0 heterocycles. The number of amides is 1. The van der Waals surface area contributed by atoms with Crippen LogP contribution >= 0.6 is 7.82 Å². The van der Waals surface area contributed by atoms with Crippen molar-refractivity contribution in [3.63, 3.8) is 0 Å². The molecule has 1 unspecified atom stereocenters. The van der Waals surface area contributed by atoms with Gasteiger partial charge < -0.3 is 25.6 Å². The van der Waals surface area contributed by atoms with Crippen LogP contribution in [0, 0.1) is 0 Å². The van der Waals surface area contributed by atoms with Gasteiger partial charge in [-0.1, -0.05) is 55.5 Å². The summed E-state index contributed by atoms with van der Waals surface area (Å²) in [5.41, 5.74) is 9.53. The summed E-state index contributed by atoms with van der Waals surface area (Å²) in [5.74, 6) is 0.0142. The first-order valence-electron chi connectivity index (χ1n) is 11.3. The maximum absolute atomic E-state index is 12.3. The Morgan fingerprint density at radius 3 is 2.00 bits per heavy atom. The SMILES string of the molecule is CCc1ccc(-c2ccc(CCOc3ccc(NC(=O)C(C)(N)COP(=O)(O)O)cc3)cc2)cc1. The van der Waals surface area contributed by atoms with Crippen LogP contribution in [0.15, 0.2) is 72.8 Å². The number of nitrogens with two attached hydrogens (primary N) is 1. The summed E-state index contributed by atoms with van der Waals surface area (Å²) < 4.78 is 21.0. The summed E-state index contributed by atoms with van der Waals surface area (Å²) in [6, 6.07) is 23.8. The quantitative estimate of drug-likeness (QED) is 0.290. The standard InChI is InChI=1S/C26H31N2O6P/c1-3-19-4-8-21(9-5-19)22-10-6-20(7-11-22)16-17-33-24-14-12-23(13-15-24)28-25(29)26(2,27)18-34-35(30,31)32/h4-15H,3,16-18,27H2,1-2H3,(H,28,29)(H2,30,31,32). The molecule has 0 bridgehead atoms. The number of anilines is 1. The van der Waals surface area contributed by atoms with E-state index in [2.05, 4.69) is 65.3 Å². The minimum atomic E-state index is -4.72. The van der Waals surface area contributed by atoms with E-state index in [1.165, 1.54) is 29.2 Å². The zero-order valence-electron chi connectivity index (χ0n) is 19.8. The second-order valence-corrected chi connectivity index (χ2v) is 9.75. The van der Waals surface area contributed by atoms with Gasteiger partial charge in [0.1, 0.15) is 11.3 Å². The average molecular weight is 499 g/mol. The monoisotopic (exact) mass is 498 g/mol. The van der Waals surface area contributed by atoms with E-state index < -0.39 is 25.9 Å². The second kappa shape index (κ2) is 11.6. The van der Waals surface area contributed by atoms with Crippen LogP contribution in [-0.2, 0) is 26.7 Å². The first kappa shape index (κ1) is 26.6. The Balaban J connectivity index is 1.47. The smallest absolute Gasteiger partial charge is 0.469 e. The number of phosphoric acid groups is 1. The van der Waals surface area contributed by atoms with E-state index in [0.29, 0.717) is 18.0 Å². The van der Waals surface area contributed by atoms with E-state index in [1.54, 1.807) is 24.3 Å². The largest absolute Gasteiger partial charge is 0.493 e. The second-order valence-electron chi connectivity index (χ2n) is 8.51. The third-order valence-corrected chi connectivity index (χ3v) is 5.94. The van der Waals surface area contributed by atoms with Crippen molar-refractivity contribution in [1.29, 1.82) is 0 Å². The number of ether oxygens (including phenoxy) is 1. The number of hydrogen-bond donors (Lipinski definition) is 4. The lowest BCUT2D eigenvalue weighted by Gasteiger charge is -2.23. The number of rotatable bonds is 11. The molecule has 1 atom stereocenters. The molecule has 9 heteroatoms. The van der Waals surface area contributed by atoms with Gasteiger partial charge in [0.05, 0.1) is 13.2 Å². The fraction of sp³-hybridized carbons (Fsp3) is 0.269. The van der Waals surface area contributed by atoms with Gasteiger partial charge in [-0.2, -0.15) is 0 Å². The molecule has 3 aromatic rings. The molecule has 0 saturated carbocycles. The van der Waals surface area contributed by atoms with E-state index in [-0.39, 0.29) is 0 Å². The van der Waals surface area contributed by atoms with Gasteiger partial charge in [0.25, 0.3) is 0 Å². The Bertz CT molecular complexity index is 1160. The number of aryl methyl sites for hydroxylation is 1. The van der Waals surface area contributed by atoms with Gasteiger partial charge in [-0.05, 0) is 59.9 Å². The van der Waals surface area contributed by atoms with Crippen LogP contribution in [-0.4, -0.2) is 34.4 Å². The highest BCUT2D eigenvalue weighted by atomic mass is 31.2. The summed E-state index contributed by atoms with van der Waals surface area (Å²) >= 11 is 0. The minimum Gasteiger partial charge on any atom is -0.493 e. The maximum atomic E-state index is 12.3. The van der Waals surface area contributed by atoms with Crippen molar-refractivity contribution < 1.29 is 28.4 Å². The fourth-order valence-corrected chi connectivity index (χ4v) is 3.71. The van der Waals surface area contributed by atoms with E-state index in [9.17, 15) is 9.36 Å². The molecular weight excluding hydrogens is 467 g/mol. The average Bonchev–Trinajstić information content (AvgIpc) is 2.84. The van der Waals surface area contributed by atoms with Gasteiger partial charge >= 0.3 is 7.82 Å². The highest BCUT2D eigenvalue weighted by Gasteiger charge is 2.32. The van der Waals surface area contributed by atoms with E-state index in [0.717, 1.165) is 12.8 Å². The van der Waals surface area contributed by atoms with Crippen LogP contribution in [0.3, 0.4) is 0 Å². The minimum absolute atomic E-state index is 0.470. The third-order valence-electron chi connectivity index (χ3n) is 5.47. The molecule has 186 valence electrons. The Morgan fingerprint density at radius 2 is 1.49 bits per heavy atom. The number of hydrogen-bond acceptors (Lipinski definition) is 5. The molecule has 1 amide bonds. The predicted octanol–water partition coefficient (Wildman–Crippen LogP) is 4.30. The van der Waals surface area contributed by atoms with Gasteiger partial charge in [0, 0.05) is 12.1 Å². The van der Waals surface area contributed by atoms with E-state index in [4.69, 9.17) is 20.3 Å². The summed E-state index contributed by atoms with van der Waals surface area (Å²) in [7, 11) is -4.72. The molecule has 0 aliphatic carbocycles. The molecule has 35 heavy (non-hydrogen) atoms. The van der Waals surface area contributed by atoms with Crippen LogP contribution in [0.25, 0.3) is 11.1 Å². The lowest BCUT2D eigenvalue weighted by atomic mass is 10.0. The molecule has 3 rings (SSSR count). The topological polar surface area (TPSA) is 131 Å². The van der Waals surface area contributed by atoms with Gasteiger partial charge in [-0.3, -0.25) is 9.32 Å². The Labute approximate surface area is 205 Å². The molecule has 0 saturated heterocycles. The molecule has 5 N–H and O–H groups in total. The summed E-state index contributed by atoms with van der Waals surface area (Å²) in [6.07, 6.45) is 1.78. The molecular formula is C26H31N2O6P. The van der Waals surface area contributed by atoms with Crippen molar-refractivity contribution in [3.05, 3.63) is 83.9 Å². The molecule has 3 aromatic carbocycles. The van der Waals surface area contributed by atoms with Crippen LogP contribution in [0.4, 0.5) is 5.69 Å².